The van der Waals surface area contributed by atoms with Gasteiger partial charge < -0.3 is 49.5 Å². The van der Waals surface area contributed by atoms with Gasteiger partial charge in [0.1, 0.15) is 36.9 Å². The first-order chi connectivity index (χ1) is 54.8. The summed E-state index contributed by atoms with van der Waals surface area (Å²) in [5.74, 6) is 6.66. The minimum Gasteiger partial charge on any atom is -0.478 e. The molecule has 10 rings (SSSR count). The highest BCUT2D eigenvalue weighted by Gasteiger charge is 2.42. The number of oxime groups is 2. The maximum Gasteiger partial charge on any atom is 0.415 e. The molecule has 117 heavy (non-hydrogen) atoms. The van der Waals surface area contributed by atoms with Gasteiger partial charge in [-0.3, -0.25) is 14.7 Å². The molecule has 0 bridgehead atoms. The molecule has 2 unspecified atom stereocenters. The average molecular weight is 1830 g/mol. The lowest BCUT2D eigenvalue weighted by Gasteiger charge is -2.22. The number of ether oxygens (including phenoxy) is 2. The van der Waals surface area contributed by atoms with Crippen molar-refractivity contribution in [2.45, 2.75) is 123 Å². The van der Waals surface area contributed by atoms with E-state index >= 15 is 0 Å². The van der Waals surface area contributed by atoms with Crippen molar-refractivity contribution in [2.24, 2.45) is 21.9 Å². The number of para-hydroxylation sites is 2. The van der Waals surface area contributed by atoms with E-state index in [1.807, 2.05) is 38.1 Å². The fourth-order valence-electron chi connectivity index (χ4n) is 10.5. The second-order valence-electron chi connectivity index (χ2n) is 26.2. The predicted molar refractivity (Wildman–Crippen MR) is 439 cm³/mol. The number of alkyl halides is 13. The Balaban J connectivity index is 0.000000377. The zero-order chi connectivity index (χ0) is 88.0. The molecule has 4 heterocycles. The lowest BCUT2D eigenvalue weighted by Crippen LogP contribution is -2.41. The molecule has 21 nitrogen and oxygen atoms in total. The minimum atomic E-state index is -4.48. The van der Waals surface area contributed by atoms with Crippen LogP contribution in [-0.4, -0.2) is 190 Å². The number of aromatic carboxylic acids is 1. The topological polar surface area (TPSA) is 270 Å². The third-order valence-corrected chi connectivity index (χ3v) is 18.2. The Labute approximate surface area is 717 Å². The summed E-state index contributed by atoms with van der Waals surface area (Å²) in [5, 5.41) is 20.4. The van der Waals surface area contributed by atoms with E-state index in [9.17, 15) is 73.1 Å². The smallest absolute Gasteiger partial charge is 0.415 e. The van der Waals surface area contributed by atoms with Gasteiger partial charge in [-0.15, -0.1) is 46.4 Å². The Morgan fingerprint density at radius 2 is 0.991 bits per heavy atom. The zero-order valence-electron chi connectivity index (χ0n) is 64.3. The van der Waals surface area contributed by atoms with Crippen molar-refractivity contribution in [3.63, 3.8) is 0 Å². The number of hydrogen-bond donors (Lipinski definition) is 3. The number of nitrogens with two attached hydrogens (primary N) is 2. The molecule has 2 saturated heterocycles. The molecule has 2 fully saturated rings. The van der Waals surface area contributed by atoms with E-state index in [4.69, 9.17) is 136 Å². The highest BCUT2D eigenvalue weighted by Crippen LogP contribution is 2.41. The number of hydrogen-bond acceptors (Lipinski definition) is 15. The number of nitrogens with zero attached hydrogens (tertiary/aromatic N) is 7. The zero-order valence-corrected chi connectivity index (χ0v) is 71.1. The highest BCUT2D eigenvalue weighted by molar-refractivity contribution is 6.61. The molecular weight excluding hydrogens is 1740 g/mol. The third-order valence-electron chi connectivity index (χ3n) is 16.3. The first-order valence-corrected chi connectivity index (χ1v) is 39.7. The molecule has 5 N–H and O–H groups in total. The van der Waals surface area contributed by atoms with Gasteiger partial charge in [0, 0.05) is 117 Å². The van der Waals surface area contributed by atoms with Gasteiger partial charge in [0.05, 0.1) is 30.1 Å². The van der Waals surface area contributed by atoms with Gasteiger partial charge in [0.15, 0.2) is 17.0 Å². The maximum atomic E-state index is 12.8. The fourth-order valence-corrected chi connectivity index (χ4v) is 12.4. The van der Waals surface area contributed by atoms with Crippen molar-refractivity contribution in [3.8, 4) is 11.5 Å². The number of urea groups is 2. The number of benzene rings is 6. The van der Waals surface area contributed by atoms with Crippen LogP contribution in [0.2, 0.25) is 20.1 Å². The Kier molecular flexibility index (Phi) is 45.1. The minimum absolute atomic E-state index is 0.0366. The van der Waals surface area contributed by atoms with Gasteiger partial charge in [-0.2, -0.15) is 39.5 Å². The number of unbranched alkanes of at least 4 members (excludes halogenated alkanes) is 2. The normalized spacial score (nSPS) is 15.9. The van der Waals surface area contributed by atoms with Crippen molar-refractivity contribution in [2.75, 3.05) is 89.0 Å². The van der Waals surface area contributed by atoms with Gasteiger partial charge in [0.25, 0.3) is 0 Å². The van der Waals surface area contributed by atoms with E-state index < -0.39 is 78.9 Å². The van der Waals surface area contributed by atoms with Gasteiger partial charge in [-0.1, -0.05) is 131 Å². The standard InChI is InChI=1S/C24H22Cl2F3N3O3.C18H15Cl2NO3.C11H11ClF3NO2.C7H5ClO2.C5H9ClO.C5H11Cl.C5H8F3N3O.C3H8ClN/c1-14-7-15(20-11-23(2,35-30-20)16-8-17(25)10-18(26)9-16)3-4-19(14)21(33)12-31-5-6-32(22(31)34)13-24(27,28)29;1-10-5-11(3-4-15(10)17(22)23)16-9-18(2,24-21-16)12-6-13(19)8-14(20)7-12;12-6-7-16(8-11(13,14)15)10(17)18-9-4-2-1-3-5-9;8-7(9)10-6-4-2-1-3-5-6;1-5(7)3-2-4-6;1-2-3-4-5-6;6-5(7,8)3-10-1-2-11(9)4(10)12;4-2-1-3-5/h3-4,7-10H,5-6,11-13H2,1-2H3;3-8H,9H2,1-2H3,(H,22,23);1-5H,6-8H2;1-5H;2-4H2,1H3;2-5H2,1H3;1-3,9H2;1-3,5H2. The van der Waals surface area contributed by atoms with Crippen molar-refractivity contribution >= 4 is 157 Å². The summed E-state index contributed by atoms with van der Waals surface area (Å²) in [4.78, 5) is 93.3. The molecule has 0 aliphatic carbocycles. The van der Waals surface area contributed by atoms with Crippen molar-refractivity contribution < 1.29 is 97.3 Å². The second kappa shape index (κ2) is 51.0. The SMILES string of the molecule is CC(=O)CCCCl.CCCCCCl.Cc1cc(C2=NOC(C)(c3cc(Cl)cc(Cl)c3)C2)ccc1C(=O)CN1CCN(CC(F)(F)F)C1=O.Cc1cc(C2=NOC(C)(c3cc(Cl)cc(Cl)c3)C2)ccc1C(=O)O.NCCCCl.NN1CCN(CC(F)(F)F)C1=O.O=C(Cl)Oc1ccccc1.O=C(Oc1ccccc1)N(CCCl)CC(F)(F)F. The Hall–Kier alpha value is -7.75. The van der Waals surface area contributed by atoms with Crippen LogP contribution in [0.25, 0.3) is 0 Å². The number of carboxylic acids is 1. The molecule has 39 heteroatoms. The van der Waals surface area contributed by atoms with Gasteiger partial charge in [-0.25, -0.2) is 29.8 Å². The molecule has 6 aromatic rings. The number of ketones is 2. The second-order valence-corrected chi connectivity index (χ2v) is 29.8. The molecular formula is C78H89Cl9F9N9O12. The largest absolute Gasteiger partial charge is 0.478 e. The summed E-state index contributed by atoms with van der Waals surface area (Å²) < 4.78 is 119. The van der Waals surface area contributed by atoms with Crippen molar-refractivity contribution in [3.05, 3.63) is 198 Å². The van der Waals surface area contributed by atoms with Crippen molar-refractivity contribution in [1.29, 1.82) is 0 Å². The Bertz CT molecular complexity index is 4220. The Morgan fingerprint density at radius 3 is 1.33 bits per heavy atom. The number of carboxylic acid groups (broad SMARTS) is 1. The lowest BCUT2D eigenvalue weighted by atomic mass is 9.88. The van der Waals surface area contributed by atoms with Gasteiger partial charge in [0.2, 0.25) is 0 Å². The number of carbonyl (C=O) groups excluding carboxylic acids is 6. The first-order valence-electron chi connectivity index (χ1n) is 35.7. The number of amides is 5. The van der Waals surface area contributed by atoms with Gasteiger partial charge in [-0.05, 0) is 162 Å². The van der Waals surface area contributed by atoms with Crippen LogP contribution in [-0.2, 0) is 25.7 Å². The number of aryl methyl sites for hydroxylation is 2. The van der Waals surface area contributed by atoms with Crippen LogP contribution >= 0.6 is 104 Å². The molecule has 0 saturated carbocycles. The van der Waals surface area contributed by atoms with Crippen LogP contribution < -0.4 is 21.1 Å². The lowest BCUT2D eigenvalue weighted by molar-refractivity contribution is -0.141. The van der Waals surface area contributed by atoms with Crippen molar-refractivity contribution in [1.82, 2.24) is 24.6 Å². The molecule has 6 aromatic carbocycles. The van der Waals surface area contributed by atoms with Crippen LogP contribution in [0.15, 0.2) is 144 Å². The summed E-state index contributed by atoms with van der Waals surface area (Å²) in [6, 6.07) is 35.7. The summed E-state index contributed by atoms with van der Waals surface area (Å²) in [6.07, 6.45) is -7.29. The number of Topliss-reactive ketones (excluding diaryl/α,β-unsaturated/α-hetero) is 2. The maximum absolute atomic E-state index is 12.8. The molecule has 644 valence electrons. The van der Waals surface area contributed by atoms with E-state index in [-0.39, 0.29) is 68.0 Å². The highest BCUT2D eigenvalue weighted by atomic mass is 35.5. The summed E-state index contributed by atoms with van der Waals surface area (Å²) in [5.41, 5.74) is 9.51. The molecule has 4 aliphatic rings. The van der Waals surface area contributed by atoms with Crippen LogP contribution in [0.3, 0.4) is 0 Å². The fraction of sp³-hybridized carbons (Fsp3) is 0.423. The number of hydrazine groups is 1. The molecule has 0 radical (unpaired) electrons. The Morgan fingerprint density at radius 1 is 0.564 bits per heavy atom. The molecule has 0 aromatic heterocycles. The van der Waals surface area contributed by atoms with E-state index in [1.54, 1.807) is 118 Å². The molecule has 0 spiro atoms. The summed E-state index contributed by atoms with van der Waals surface area (Å²) >= 11 is 50.6. The van der Waals surface area contributed by atoms with Crippen LogP contribution in [0.1, 0.15) is 133 Å². The first kappa shape index (κ1) is 103. The summed E-state index contributed by atoms with van der Waals surface area (Å²) in [6.45, 7) is 7.52. The summed E-state index contributed by atoms with van der Waals surface area (Å²) in [7, 11) is 0. The van der Waals surface area contributed by atoms with Crippen LogP contribution in [0.4, 0.5) is 58.7 Å². The molecule has 5 amide bonds. The quantitative estimate of drug-likeness (QED) is 0.0102. The van der Waals surface area contributed by atoms with E-state index in [1.165, 1.54) is 31.4 Å². The van der Waals surface area contributed by atoms with E-state index in [2.05, 4.69) is 22.0 Å². The third kappa shape index (κ3) is 38.9. The van der Waals surface area contributed by atoms with E-state index in [0.717, 1.165) is 56.6 Å². The van der Waals surface area contributed by atoms with Crippen LogP contribution in [0, 0.1) is 13.8 Å². The van der Waals surface area contributed by atoms with Crippen LogP contribution in [0.5, 0.6) is 11.5 Å². The number of rotatable bonds is 23. The molecule has 4 aliphatic heterocycles. The number of carbonyl (C=O) groups is 7. The number of halogens is 18. The monoisotopic (exact) mass is 1830 g/mol. The average Bonchev–Trinajstić information content (AvgIpc) is 1.66. The van der Waals surface area contributed by atoms with Gasteiger partial charge >= 0.3 is 48.1 Å². The molecule has 2 atom stereocenters. The van der Waals surface area contributed by atoms with E-state index in [0.29, 0.717) is 101 Å². The predicted octanol–water partition coefficient (Wildman–Crippen LogP) is 21.3.